The molecule has 11 heteroatoms. The molecule has 4 aromatic carbocycles. The normalized spacial score (nSPS) is 9.37. The summed E-state index contributed by atoms with van der Waals surface area (Å²) in [5.74, 6) is 3.26. The van der Waals surface area contributed by atoms with E-state index in [-0.39, 0.29) is 0 Å². The van der Waals surface area contributed by atoms with E-state index in [0.717, 1.165) is 39.0 Å². The van der Waals surface area contributed by atoms with E-state index in [1.165, 1.54) is 31.9 Å². The van der Waals surface area contributed by atoms with Crippen LogP contribution in [0.5, 0.6) is 23.0 Å². The number of nitrogen functional groups attached to an aromatic ring is 1. The Labute approximate surface area is 314 Å². The first-order chi connectivity index (χ1) is 25.4. The van der Waals surface area contributed by atoms with Gasteiger partial charge < -0.3 is 30.0 Å². The number of hydrogen-bond acceptors (Lipinski definition) is 10. The van der Waals surface area contributed by atoms with E-state index < -0.39 is 0 Å². The molecular weight excluding hydrogens is 676 g/mol. The second-order valence-corrected chi connectivity index (χ2v) is 10.4. The molecule has 0 radical (unpaired) electrons. The number of benzene rings is 4. The average Bonchev–Trinajstić information content (AvgIpc) is 3.20. The maximum Gasteiger partial charge on any atom is 0.162 e. The number of nitrogens with zero attached hydrogens (tertiary/aromatic N) is 4. The van der Waals surface area contributed by atoms with Crippen molar-refractivity contribution >= 4 is 50.6 Å². The van der Waals surface area contributed by atoms with Crippen molar-refractivity contribution < 1.29 is 18.9 Å². The third kappa shape index (κ3) is 14.5. The number of halogens is 1. The molecule has 280 valence electrons. The van der Waals surface area contributed by atoms with Gasteiger partial charge in [-0.05, 0) is 36.4 Å². The molecule has 0 aliphatic carbocycles. The van der Waals surface area contributed by atoms with Gasteiger partial charge in [-0.1, -0.05) is 109 Å². The number of nitrogens with one attached hydrogen (secondary N) is 1. The van der Waals surface area contributed by atoms with E-state index in [9.17, 15) is 0 Å². The lowest BCUT2D eigenvalue weighted by Crippen LogP contribution is -1.97. The second-order valence-electron chi connectivity index (χ2n) is 10.1. The second kappa shape index (κ2) is 26.5. The van der Waals surface area contributed by atoms with Crippen LogP contribution in [-0.4, -0.2) is 48.4 Å². The Hall–Kier alpha value is -5.35. The number of nitrogens with two attached hydrogens (primary N) is 1. The summed E-state index contributed by atoms with van der Waals surface area (Å²) in [6.07, 6.45) is 7.02. The summed E-state index contributed by atoms with van der Waals surface area (Å²) in [6, 6.07) is 26.6. The predicted molar refractivity (Wildman–Crippen MR) is 219 cm³/mol. The number of aromatic nitrogens is 4. The number of fused-ring (bicyclic) bond motifs is 2. The highest BCUT2D eigenvalue weighted by Crippen LogP contribution is 2.35. The molecule has 52 heavy (non-hydrogen) atoms. The molecule has 10 nitrogen and oxygen atoms in total. The Balaban J connectivity index is 0.000000378. The van der Waals surface area contributed by atoms with Crippen molar-refractivity contribution in [3.8, 4) is 23.0 Å². The van der Waals surface area contributed by atoms with Gasteiger partial charge in [0.2, 0.25) is 0 Å². The van der Waals surface area contributed by atoms with Gasteiger partial charge in [0.1, 0.15) is 23.6 Å². The molecule has 0 spiro atoms. The van der Waals surface area contributed by atoms with Crippen molar-refractivity contribution in [3.05, 3.63) is 103 Å². The van der Waals surface area contributed by atoms with Gasteiger partial charge in [-0.2, -0.15) is 0 Å². The fraction of sp³-hybridized carbons (Fsp3) is 0.317. The Kier molecular flexibility index (Phi) is 22.7. The Morgan fingerprint density at radius 3 is 1.42 bits per heavy atom. The minimum Gasteiger partial charge on any atom is -0.493 e. The van der Waals surface area contributed by atoms with Crippen LogP contribution < -0.4 is 30.0 Å². The lowest BCUT2D eigenvalue weighted by Gasteiger charge is -2.12. The predicted octanol–water partition coefficient (Wildman–Crippen LogP) is 11.2. The van der Waals surface area contributed by atoms with Gasteiger partial charge in [-0.3, -0.25) is 0 Å². The first-order valence-electron chi connectivity index (χ1n) is 17.4. The first-order valence-corrected chi connectivity index (χ1v) is 17.8. The summed E-state index contributed by atoms with van der Waals surface area (Å²) < 4.78 is 21.0. The zero-order chi connectivity index (χ0) is 38.7. The lowest BCUT2D eigenvalue weighted by molar-refractivity contribution is 0.356. The SMILES string of the molecule is CC.CC.CCCCC.COc1cc2ncnc(Cl)c2cc1OC.COc1cc2ncnc(Nc3ccccc3)c2cc1OC.Nc1ccccc1. The van der Waals surface area contributed by atoms with Crippen LogP contribution in [0.25, 0.3) is 21.8 Å². The number of hydrogen-bond donors (Lipinski definition) is 2. The summed E-state index contributed by atoms with van der Waals surface area (Å²) in [4.78, 5) is 16.6. The van der Waals surface area contributed by atoms with Gasteiger partial charge in [-0.15, -0.1) is 0 Å². The lowest BCUT2D eigenvalue weighted by atomic mass is 10.2. The number of unbranched alkanes of at least 4 members (excludes halogenated alkanes) is 2. The highest BCUT2D eigenvalue weighted by Gasteiger charge is 2.11. The van der Waals surface area contributed by atoms with Gasteiger partial charge in [0.05, 0.1) is 39.5 Å². The summed E-state index contributed by atoms with van der Waals surface area (Å²) >= 11 is 5.93. The van der Waals surface area contributed by atoms with Crippen molar-refractivity contribution in [1.82, 2.24) is 19.9 Å². The van der Waals surface area contributed by atoms with Crippen LogP contribution in [0.4, 0.5) is 17.2 Å². The zero-order valence-corrected chi connectivity index (χ0v) is 33.0. The van der Waals surface area contributed by atoms with Crippen molar-refractivity contribution in [2.24, 2.45) is 0 Å². The van der Waals surface area contributed by atoms with Crippen molar-refractivity contribution in [1.29, 1.82) is 0 Å². The summed E-state index contributed by atoms with van der Waals surface area (Å²) in [5.41, 5.74) is 8.67. The largest absolute Gasteiger partial charge is 0.493 e. The molecule has 0 saturated heterocycles. The quantitative estimate of drug-likeness (QED) is 0.115. The maximum atomic E-state index is 5.93. The molecule has 0 saturated carbocycles. The molecule has 0 fully saturated rings. The van der Waals surface area contributed by atoms with Crippen LogP contribution in [-0.2, 0) is 0 Å². The van der Waals surface area contributed by atoms with E-state index in [1.807, 2.05) is 100 Å². The fourth-order valence-corrected chi connectivity index (χ4v) is 4.49. The Morgan fingerprint density at radius 2 is 1.00 bits per heavy atom. The molecule has 0 aliphatic rings. The molecule has 3 N–H and O–H groups in total. The maximum absolute atomic E-state index is 5.93. The molecule has 6 aromatic rings. The van der Waals surface area contributed by atoms with Crippen molar-refractivity contribution in [2.45, 2.75) is 60.8 Å². The van der Waals surface area contributed by atoms with Crippen molar-refractivity contribution in [2.75, 3.05) is 39.5 Å². The highest BCUT2D eigenvalue weighted by molar-refractivity contribution is 6.34. The van der Waals surface area contributed by atoms with Crippen LogP contribution in [0.1, 0.15) is 60.8 Å². The van der Waals surface area contributed by atoms with E-state index in [2.05, 4.69) is 39.1 Å². The molecule has 0 bridgehead atoms. The number of methoxy groups -OCH3 is 4. The molecular formula is C41H55ClN6O4. The average molecular weight is 731 g/mol. The summed E-state index contributed by atoms with van der Waals surface area (Å²) in [7, 11) is 6.36. The van der Waals surface area contributed by atoms with Crippen LogP contribution in [0.2, 0.25) is 5.15 Å². The van der Waals surface area contributed by atoms with Gasteiger partial charge in [0, 0.05) is 34.3 Å². The van der Waals surface area contributed by atoms with Crippen LogP contribution in [0.15, 0.2) is 97.6 Å². The molecule has 0 unspecified atom stereocenters. The minimum atomic E-state index is 0.404. The molecule has 0 aliphatic heterocycles. The molecule has 6 rings (SSSR count). The fourth-order valence-electron chi connectivity index (χ4n) is 4.30. The molecule has 2 aromatic heterocycles. The van der Waals surface area contributed by atoms with Crippen LogP contribution in [0.3, 0.4) is 0 Å². The van der Waals surface area contributed by atoms with Gasteiger partial charge >= 0.3 is 0 Å². The van der Waals surface area contributed by atoms with Gasteiger partial charge in [0.15, 0.2) is 23.0 Å². The third-order valence-corrected chi connectivity index (χ3v) is 7.08. The topological polar surface area (TPSA) is 127 Å². The Morgan fingerprint density at radius 1 is 0.577 bits per heavy atom. The number of ether oxygens (including phenoxy) is 4. The zero-order valence-electron chi connectivity index (χ0n) is 32.2. The number of rotatable bonds is 8. The van der Waals surface area contributed by atoms with Crippen LogP contribution in [0, 0.1) is 0 Å². The van der Waals surface area contributed by atoms with Crippen molar-refractivity contribution in [3.63, 3.8) is 0 Å². The van der Waals surface area contributed by atoms with Crippen LogP contribution >= 0.6 is 11.6 Å². The number of para-hydroxylation sites is 2. The minimum absolute atomic E-state index is 0.404. The monoisotopic (exact) mass is 730 g/mol. The molecule has 0 amide bonds. The van der Waals surface area contributed by atoms with E-state index in [4.69, 9.17) is 36.3 Å². The van der Waals surface area contributed by atoms with Gasteiger partial charge in [0.25, 0.3) is 0 Å². The van der Waals surface area contributed by atoms with Gasteiger partial charge in [-0.25, -0.2) is 19.9 Å². The Bertz CT molecular complexity index is 1830. The molecule has 2 heterocycles. The summed E-state index contributed by atoms with van der Waals surface area (Å²) in [6.45, 7) is 12.4. The first kappa shape index (κ1) is 44.7. The number of anilines is 3. The summed E-state index contributed by atoms with van der Waals surface area (Å²) in [5, 5.41) is 5.31. The van der Waals surface area contributed by atoms with E-state index in [0.29, 0.717) is 28.2 Å². The highest BCUT2D eigenvalue weighted by atomic mass is 35.5. The molecule has 0 atom stereocenters. The standard InChI is InChI=1S/C16H15N3O2.C10H9ClN2O2.C6H7N.C5H12.2C2H6/c1-20-14-8-12-13(9-15(14)21-2)17-10-18-16(12)19-11-6-4-3-5-7-11;1-14-8-3-6-7(4-9(8)15-2)12-5-13-10(6)11;7-6-4-2-1-3-5-6;1-3-5-4-2;2*1-2/h3-10H,1-2H3,(H,17,18,19);3-5H,1-2H3;1-5H,7H2;3-5H2,1-2H3;2*1-2H3. The van der Waals surface area contributed by atoms with E-state index in [1.54, 1.807) is 40.6 Å². The third-order valence-electron chi connectivity index (χ3n) is 6.78. The smallest absolute Gasteiger partial charge is 0.162 e. The van der Waals surface area contributed by atoms with E-state index >= 15 is 0 Å².